The number of halogens is 1. The van der Waals surface area contributed by atoms with Crippen LogP contribution in [0.5, 0.6) is 5.75 Å². The molecule has 1 aliphatic heterocycles. The van der Waals surface area contributed by atoms with E-state index < -0.39 is 0 Å². The van der Waals surface area contributed by atoms with Gasteiger partial charge in [-0.3, -0.25) is 14.5 Å². The van der Waals surface area contributed by atoms with Gasteiger partial charge in [0.25, 0.3) is 0 Å². The van der Waals surface area contributed by atoms with E-state index in [1.807, 2.05) is 49.4 Å². The van der Waals surface area contributed by atoms with Crippen LogP contribution in [-0.2, 0) is 9.59 Å². The second-order valence-corrected chi connectivity index (χ2v) is 11.3. The number of amides is 2. The van der Waals surface area contributed by atoms with E-state index in [4.69, 9.17) is 4.74 Å². The van der Waals surface area contributed by atoms with Crippen LogP contribution in [0.3, 0.4) is 0 Å². The third-order valence-electron chi connectivity index (χ3n) is 6.87. The van der Waals surface area contributed by atoms with Crippen molar-refractivity contribution in [3.05, 3.63) is 88.6 Å². The van der Waals surface area contributed by atoms with Crippen molar-refractivity contribution in [3.8, 4) is 5.75 Å². The van der Waals surface area contributed by atoms with E-state index in [9.17, 15) is 14.0 Å². The molecule has 0 atom stereocenters. The highest BCUT2D eigenvalue weighted by Crippen LogP contribution is 2.36. The van der Waals surface area contributed by atoms with Gasteiger partial charge < -0.3 is 19.9 Å². The number of piperazine rings is 1. The van der Waals surface area contributed by atoms with Crippen molar-refractivity contribution < 1.29 is 18.7 Å². The quantitative estimate of drug-likeness (QED) is 0.162. The van der Waals surface area contributed by atoms with Crippen molar-refractivity contribution >= 4 is 42.0 Å². The molecule has 224 valence electrons. The number of hydrogen-bond donors (Lipinski definition) is 1. The fourth-order valence-electron chi connectivity index (χ4n) is 4.64. The molecule has 0 aromatic heterocycles. The standard InChI is InChI=1S/C19H21NO2S.C14H20FN3O/c1-14-9-10-19(17(11-14)20(3)13-21)23-15(2)12-16-7-5-6-8-18(16)22-4;15-13-4-1-2-5-14(13)18-10-8-17(9-11-18)7-3-6-16-12-19/h5-13H,1-4H3;1-2,4-5,12H,3,6-11H2,(H,16,19)/b15-12+;. The van der Waals surface area contributed by atoms with E-state index in [-0.39, 0.29) is 5.82 Å². The molecular weight excluding hydrogens is 551 g/mol. The monoisotopic (exact) mass is 592 g/mol. The summed E-state index contributed by atoms with van der Waals surface area (Å²) < 4.78 is 19.0. The molecule has 9 heteroatoms. The maximum absolute atomic E-state index is 13.7. The number of allylic oxidation sites excluding steroid dienone is 1. The average Bonchev–Trinajstić information content (AvgIpc) is 3.01. The van der Waals surface area contributed by atoms with Gasteiger partial charge >= 0.3 is 0 Å². The molecule has 0 aliphatic carbocycles. The Bertz CT molecular complexity index is 1330. The van der Waals surface area contributed by atoms with Crippen molar-refractivity contribution in [1.29, 1.82) is 0 Å². The molecule has 1 fully saturated rings. The molecule has 3 aromatic carbocycles. The number of para-hydroxylation sites is 2. The number of methoxy groups -OCH3 is 1. The Morgan fingerprint density at radius 1 is 1.05 bits per heavy atom. The van der Waals surface area contributed by atoms with Crippen LogP contribution in [0.25, 0.3) is 6.08 Å². The molecule has 0 bridgehead atoms. The molecule has 1 saturated heterocycles. The Morgan fingerprint density at radius 3 is 2.45 bits per heavy atom. The number of carbonyl (C=O) groups excluding carboxylic acids is 2. The zero-order valence-corrected chi connectivity index (χ0v) is 25.7. The minimum absolute atomic E-state index is 0.147. The average molecular weight is 593 g/mol. The molecule has 42 heavy (non-hydrogen) atoms. The van der Waals surface area contributed by atoms with Gasteiger partial charge in [-0.1, -0.05) is 48.2 Å². The molecule has 2 amide bonds. The van der Waals surface area contributed by atoms with Crippen LogP contribution in [-0.4, -0.2) is 71.1 Å². The Kier molecular flexibility index (Phi) is 13.4. The summed E-state index contributed by atoms with van der Waals surface area (Å²) in [4.78, 5) is 29.5. The van der Waals surface area contributed by atoms with Gasteiger partial charge in [-0.25, -0.2) is 4.39 Å². The smallest absolute Gasteiger partial charge is 0.213 e. The largest absolute Gasteiger partial charge is 0.496 e. The summed E-state index contributed by atoms with van der Waals surface area (Å²) in [5, 5.41) is 2.66. The van der Waals surface area contributed by atoms with Gasteiger partial charge in [-0.05, 0) is 73.7 Å². The molecule has 0 spiro atoms. The predicted molar refractivity (Wildman–Crippen MR) is 172 cm³/mol. The molecule has 7 nitrogen and oxygen atoms in total. The van der Waals surface area contributed by atoms with Crippen molar-refractivity contribution in [2.45, 2.75) is 25.2 Å². The Labute approximate surface area is 253 Å². The molecule has 1 heterocycles. The highest BCUT2D eigenvalue weighted by Gasteiger charge is 2.18. The molecule has 1 aliphatic rings. The van der Waals surface area contributed by atoms with E-state index in [1.54, 1.807) is 36.9 Å². The third kappa shape index (κ3) is 9.92. The summed E-state index contributed by atoms with van der Waals surface area (Å²) in [6, 6.07) is 21.0. The SMILES string of the molecule is COc1ccccc1/C=C(\C)Sc1ccc(C)cc1N(C)C=O.O=CNCCCN1CCN(c2ccccc2F)CC1. The van der Waals surface area contributed by atoms with Crippen LogP contribution >= 0.6 is 11.8 Å². The predicted octanol–water partition coefficient (Wildman–Crippen LogP) is 5.83. The first-order valence-corrected chi connectivity index (χ1v) is 14.8. The Hall–Kier alpha value is -3.82. The number of hydrogen-bond acceptors (Lipinski definition) is 6. The minimum Gasteiger partial charge on any atom is -0.496 e. The molecule has 0 saturated carbocycles. The second kappa shape index (κ2) is 17.2. The van der Waals surface area contributed by atoms with Crippen LogP contribution in [0.4, 0.5) is 15.8 Å². The summed E-state index contributed by atoms with van der Waals surface area (Å²) >= 11 is 1.64. The van der Waals surface area contributed by atoms with E-state index in [2.05, 4.69) is 40.2 Å². The highest BCUT2D eigenvalue weighted by atomic mass is 32.2. The van der Waals surface area contributed by atoms with E-state index >= 15 is 0 Å². The molecule has 0 radical (unpaired) electrons. The van der Waals surface area contributed by atoms with Crippen molar-refractivity contribution in [2.75, 3.05) is 63.2 Å². The zero-order chi connectivity index (χ0) is 30.3. The lowest BCUT2D eigenvalue weighted by Crippen LogP contribution is -2.47. The van der Waals surface area contributed by atoms with Crippen molar-refractivity contribution in [2.24, 2.45) is 0 Å². The third-order valence-corrected chi connectivity index (χ3v) is 7.87. The highest BCUT2D eigenvalue weighted by molar-refractivity contribution is 8.03. The number of rotatable bonds is 12. The number of carbonyl (C=O) groups is 2. The Morgan fingerprint density at radius 2 is 1.76 bits per heavy atom. The summed E-state index contributed by atoms with van der Waals surface area (Å²) in [6.45, 7) is 9.35. The molecule has 4 rings (SSSR count). The first-order valence-electron chi connectivity index (χ1n) is 14.0. The van der Waals surface area contributed by atoms with Gasteiger partial charge in [-0.15, -0.1) is 0 Å². The lowest BCUT2D eigenvalue weighted by molar-refractivity contribution is -0.109. The number of nitrogens with one attached hydrogen (secondary N) is 1. The summed E-state index contributed by atoms with van der Waals surface area (Å²) in [5.74, 6) is 0.702. The molecular formula is C33H41FN4O3S. The van der Waals surface area contributed by atoms with E-state index in [0.29, 0.717) is 5.69 Å². The van der Waals surface area contributed by atoms with Gasteiger partial charge in [0.05, 0.1) is 18.5 Å². The summed E-state index contributed by atoms with van der Waals surface area (Å²) in [5.41, 5.74) is 3.78. The maximum Gasteiger partial charge on any atom is 0.213 e. The van der Waals surface area contributed by atoms with Crippen molar-refractivity contribution in [1.82, 2.24) is 10.2 Å². The summed E-state index contributed by atoms with van der Waals surface area (Å²) in [7, 11) is 3.44. The van der Waals surface area contributed by atoms with Gasteiger partial charge in [0, 0.05) is 50.2 Å². The van der Waals surface area contributed by atoms with Gasteiger partial charge in [0.15, 0.2) is 0 Å². The second-order valence-electron chi connectivity index (χ2n) is 9.99. The lowest BCUT2D eigenvalue weighted by Gasteiger charge is -2.36. The minimum atomic E-state index is -0.147. The van der Waals surface area contributed by atoms with Gasteiger partial charge in [0.1, 0.15) is 11.6 Å². The number of nitrogens with zero attached hydrogens (tertiary/aromatic N) is 3. The van der Waals surface area contributed by atoms with Gasteiger partial charge in [-0.2, -0.15) is 0 Å². The van der Waals surface area contributed by atoms with Crippen LogP contribution in [0.1, 0.15) is 24.5 Å². The van der Waals surface area contributed by atoms with Crippen LogP contribution in [0.15, 0.2) is 76.5 Å². The van der Waals surface area contributed by atoms with Crippen LogP contribution < -0.4 is 19.9 Å². The first-order chi connectivity index (χ1) is 20.4. The summed E-state index contributed by atoms with van der Waals surface area (Å²) in [6.07, 6.45) is 4.61. The van der Waals surface area contributed by atoms with Crippen LogP contribution in [0.2, 0.25) is 0 Å². The van der Waals surface area contributed by atoms with E-state index in [1.165, 1.54) is 6.07 Å². The molecule has 3 aromatic rings. The zero-order valence-electron chi connectivity index (χ0n) is 24.9. The van der Waals surface area contributed by atoms with Gasteiger partial charge in [0.2, 0.25) is 12.8 Å². The lowest BCUT2D eigenvalue weighted by atomic mass is 10.2. The number of aryl methyl sites for hydroxylation is 1. The fourth-order valence-corrected chi connectivity index (χ4v) is 5.61. The number of ether oxygens (including phenoxy) is 1. The van der Waals surface area contributed by atoms with E-state index in [0.717, 1.165) is 90.9 Å². The number of benzene rings is 3. The molecule has 0 unspecified atom stereocenters. The normalized spacial score (nSPS) is 13.5. The number of thioether (sulfide) groups is 1. The number of anilines is 2. The fraction of sp³-hybridized carbons (Fsp3) is 0.333. The first kappa shape index (κ1) is 32.7. The molecule has 1 N–H and O–H groups in total. The van der Waals surface area contributed by atoms with Crippen molar-refractivity contribution in [3.63, 3.8) is 0 Å². The topological polar surface area (TPSA) is 65.1 Å². The Balaban J connectivity index is 0.000000235. The van der Waals surface area contributed by atoms with Crippen LogP contribution in [0, 0.1) is 12.7 Å². The maximum atomic E-state index is 13.7.